The number of anilines is 1. The van der Waals surface area contributed by atoms with Crippen LogP contribution in [0.15, 0.2) is 77.7 Å². The molecule has 0 saturated heterocycles. The fourth-order valence-electron chi connectivity index (χ4n) is 2.71. The third-order valence-corrected chi connectivity index (χ3v) is 6.06. The molecule has 0 heterocycles. The van der Waals surface area contributed by atoms with Crippen molar-refractivity contribution in [1.29, 1.82) is 0 Å². The number of benzene rings is 3. The van der Waals surface area contributed by atoms with Gasteiger partial charge in [-0.3, -0.25) is 14.4 Å². The summed E-state index contributed by atoms with van der Waals surface area (Å²) in [6.45, 7) is -0.252. The summed E-state index contributed by atoms with van der Waals surface area (Å²) in [7, 11) is -2.64. The maximum absolute atomic E-state index is 14.2. The normalized spacial score (nSPS) is 11.1. The van der Waals surface area contributed by atoms with Crippen molar-refractivity contribution in [2.45, 2.75) is 11.4 Å². The number of sulfonamides is 1. The smallest absolute Gasteiger partial charge is 0.269 e. The summed E-state index contributed by atoms with van der Waals surface area (Å²) >= 11 is 0. The Morgan fingerprint density at radius 1 is 1.00 bits per heavy atom. The molecule has 0 N–H and O–H groups in total. The Bertz CT molecular complexity index is 1120. The summed E-state index contributed by atoms with van der Waals surface area (Å²) in [5, 5.41) is 10.8. The van der Waals surface area contributed by atoms with Crippen molar-refractivity contribution in [3.05, 3.63) is 94.3 Å². The van der Waals surface area contributed by atoms with Crippen LogP contribution < -0.4 is 9.04 Å². The van der Waals surface area contributed by atoms with Gasteiger partial charge in [0.15, 0.2) is 0 Å². The van der Waals surface area contributed by atoms with E-state index in [2.05, 4.69) is 0 Å². The number of nitro groups is 1. The molecule has 3 rings (SSSR count). The zero-order valence-electron chi connectivity index (χ0n) is 15.4. The second kappa shape index (κ2) is 8.27. The maximum Gasteiger partial charge on any atom is 0.269 e. The Hall–Kier alpha value is -3.46. The Labute approximate surface area is 167 Å². The van der Waals surface area contributed by atoms with Crippen LogP contribution in [-0.4, -0.2) is 20.5 Å². The molecular weight excluding hydrogens is 399 g/mol. The third-order valence-electron chi connectivity index (χ3n) is 4.27. The number of nitrogens with zero attached hydrogens (tertiary/aromatic N) is 2. The topological polar surface area (TPSA) is 89.8 Å². The van der Waals surface area contributed by atoms with Gasteiger partial charge in [0.1, 0.15) is 11.6 Å². The molecule has 0 radical (unpaired) electrons. The summed E-state index contributed by atoms with van der Waals surface area (Å²) in [6.07, 6.45) is 0. The first-order valence-corrected chi connectivity index (χ1v) is 9.91. The van der Waals surface area contributed by atoms with E-state index in [0.29, 0.717) is 11.4 Å². The fourth-order valence-corrected chi connectivity index (χ4v) is 4.15. The van der Waals surface area contributed by atoms with Crippen LogP contribution in [0.1, 0.15) is 5.56 Å². The second-order valence-corrected chi connectivity index (χ2v) is 7.91. The quantitative estimate of drug-likeness (QED) is 0.427. The highest BCUT2D eigenvalue weighted by Crippen LogP contribution is 2.29. The van der Waals surface area contributed by atoms with Crippen molar-refractivity contribution in [3.8, 4) is 5.75 Å². The van der Waals surface area contributed by atoms with Crippen LogP contribution in [0.5, 0.6) is 5.75 Å². The molecule has 0 bridgehead atoms. The van der Waals surface area contributed by atoms with Gasteiger partial charge in [-0.1, -0.05) is 18.2 Å². The predicted molar refractivity (Wildman–Crippen MR) is 106 cm³/mol. The van der Waals surface area contributed by atoms with E-state index in [1.54, 1.807) is 30.3 Å². The third kappa shape index (κ3) is 4.35. The molecule has 9 heteroatoms. The molecule has 0 aliphatic heterocycles. The molecule has 0 spiro atoms. The van der Waals surface area contributed by atoms with Crippen molar-refractivity contribution < 1.29 is 22.5 Å². The molecule has 0 atom stereocenters. The van der Waals surface area contributed by atoms with Gasteiger partial charge in [0.2, 0.25) is 0 Å². The number of ether oxygens (including phenoxy) is 1. The highest BCUT2D eigenvalue weighted by molar-refractivity contribution is 7.92. The minimum atomic E-state index is -4.13. The first kappa shape index (κ1) is 20.3. The molecule has 7 nitrogen and oxygen atoms in total. The lowest BCUT2D eigenvalue weighted by molar-refractivity contribution is -0.384. The first-order valence-electron chi connectivity index (χ1n) is 8.47. The minimum Gasteiger partial charge on any atom is -0.497 e. The van der Waals surface area contributed by atoms with Gasteiger partial charge >= 0.3 is 0 Å². The zero-order chi connectivity index (χ0) is 21.0. The molecule has 0 aromatic heterocycles. The van der Waals surface area contributed by atoms with E-state index < -0.39 is 20.8 Å². The number of hydrogen-bond donors (Lipinski definition) is 0. The Morgan fingerprint density at radius 3 is 2.17 bits per heavy atom. The van der Waals surface area contributed by atoms with Crippen LogP contribution in [-0.2, 0) is 16.6 Å². The van der Waals surface area contributed by atoms with E-state index in [9.17, 15) is 22.9 Å². The van der Waals surface area contributed by atoms with Gasteiger partial charge in [-0.15, -0.1) is 0 Å². The van der Waals surface area contributed by atoms with Gasteiger partial charge in [-0.2, -0.15) is 0 Å². The highest BCUT2D eigenvalue weighted by Gasteiger charge is 2.26. The van der Waals surface area contributed by atoms with Crippen LogP contribution in [0.25, 0.3) is 0 Å². The van der Waals surface area contributed by atoms with Crippen LogP contribution in [0, 0.1) is 15.9 Å². The maximum atomic E-state index is 14.2. The Balaban J connectivity index is 2.07. The number of halogens is 1. The average molecular weight is 416 g/mol. The molecule has 0 saturated carbocycles. The molecular formula is C20H17FN2O5S. The van der Waals surface area contributed by atoms with Gasteiger partial charge < -0.3 is 4.74 Å². The first-order chi connectivity index (χ1) is 13.8. The monoisotopic (exact) mass is 416 g/mol. The van der Waals surface area contributed by atoms with Crippen molar-refractivity contribution in [2.75, 3.05) is 11.4 Å². The molecule has 0 aliphatic rings. The minimum absolute atomic E-state index is 0.143. The van der Waals surface area contributed by atoms with Gasteiger partial charge in [0.25, 0.3) is 15.7 Å². The highest BCUT2D eigenvalue weighted by atomic mass is 32.2. The lowest BCUT2D eigenvalue weighted by Gasteiger charge is -2.25. The number of non-ortho nitro benzene ring substituents is 1. The number of rotatable bonds is 7. The summed E-state index contributed by atoms with van der Waals surface area (Å²) in [4.78, 5) is 10.1. The van der Waals surface area contributed by atoms with Crippen LogP contribution in [0.4, 0.5) is 15.8 Å². The van der Waals surface area contributed by atoms with Crippen molar-refractivity contribution in [3.63, 3.8) is 0 Å². The Morgan fingerprint density at radius 2 is 1.62 bits per heavy atom. The van der Waals surface area contributed by atoms with Gasteiger partial charge in [0.05, 0.1) is 29.2 Å². The van der Waals surface area contributed by atoms with Crippen molar-refractivity contribution >= 4 is 21.4 Å². The lowest BCUT2D eigenvalue weighted by Crippen LogP contribution is -2.31. The number of methoxy groups -OCH3 is 1. The summed E-state index contributed by atoms with van der Waals surface area (Å²) < 4.78 is 46.9. The molecule has 0 unspecified atom stereocenters. The summed E-state index contributed by atoms with van der Waals surface area (Å²) in [6, 6.07) is 16.7. The van der Waals surface area contributed by atoms with E-state index in [4.69, 9.17) is 4.74 Å². The number of hydrogen-bond acceptors (Lipinski definition) is 5. The fraction of sp³-hybridized carbons (Fsp3) is 0.100. The van der Waals surface area contributed by atoms with Crippen molar-refractivity contribution in [1.82, 2.24) is 0 Å². The molecule has 29 heavy (non-hydrogen) atoms. The zero-order valence-corrected chi connectivity index (χ0v) is 16.2. The SMILES string of the molecule is COc1ccc(N(Cc2ccccc2F)S(=O)(=O)c2ccc([N+](=O)[O-])cc2)cc1. The second-order valence-electron chi connectivity index (χ2n) is 6.05. The lowest BCUT2D eigenvalue weighted by atomic mass is 10.2. The standard InChI is InChI=1S/C20H17FN2O5S/c1-28-18-10-6-16(7-11-18)22(14-15-4-2-3-5-20(15)21)29(26,27)19-12-8-17(9-13-19)23(24)25/h2-13H,14H2,1H3. The molecule has 0 aliphatic carbocycles. The average Bonchev–Trinajstić information content (AvgIpc) is 2.73. The Kier molecular flexibility index (Phi) is 5.79. The van der Waals surface area contributed by atoms with Gasteiger partial charge in [-0.05, 0) is 42.5 Å². The van der Waals surface area contributed by atoms with E-state index in [0.717, 1.165) is 28.6 Å². The molecule has 3 aromatic rings. The largest absolute Gasteiger partial charge is 0.497 e. The number of nitro benzene ring substituents is 1. The van der Waals surface area contributed by atoms with E-state index in [-0.39, 0.29) is 22.7 Å². The van der Waals surface area contributed by atoms with Gasteiger partial charge in [0, 0.05) is 17.7 Å². The predicted octanol–water partition coefficient (Wildman–Crippen LogP) is 4.14. The van der Waals surface area contributed by atoms with Crippen LogP contribution in [0.3, 0.4) is 0 Å². The van der Waals surface area contributed by atoms with E-state index in [1.165, 1.54) is 25.3 Å². The van der Waals surface area contributed by atoms with Crippen LogP contribution >= 0.6 is 0 Å². The van der Waals surface area contributed by atoms with E-state index >= 15 is 0 Å². The van der Waals surface area contributed by atoms with Crippen LogP contribution in [0.2, 0.25) is 0 Å². The summed E-state index contributed by atoms with van der Waals surface area (Å²) in [5.41, 5.74) is 0.260. The molecule has 3 aromatic carbocycles. The van der Waals surface area contributed by atoms with E-state index in [1.807, 2.05) is 0 Å². The van der Waals surface area contributed by atoms with Gasteiger partial charge in [-0.25, -0.2) is 12.8 Å². The molecule has 150 valence electrons. The molecule has 0 fully saturated rings. The summed E-state index contributed by atoms with van der Waals surface area (Å²) in [5.74, 6) is -0.00256. The van der Waals surface area contributed by atoms with Crippen molar-refractivity contribution in [2.24, 2.45) is 0 Å². The molecule has 0 amide bonds.